The van der Waals surface area contributed by atoms with E-state index in [4.69, 9.17) is 0 Å². The van der Waals surface area contributed by atoms with Gasteiger partial charge in [0, 0.05) is 26.4 Å². The van der Waals surface area contributed by atoms with Gasteiger partial charge >= 0.3 is 0 Å². The van der Waals surface area contributed by atoms with Gasteiger partial charge in [0.1, 0.15) is 5.82 Å². The molecule has 0 amide bonds. The Bertz CT molecular complexity index is 662. The zero-order valence-electron chi connectivity index (χ0n) is 15.3. The second kappa shape index (κ2) is 11.7. The molecule has 0 unspecified atom stereocenters. The van der Waals surface area contributed by atoms with E-state index in [9.17, 15) is 12.8 Å². The summed E-state index contributed by atoms with van der Waals surface area (Å²) in [6.07, 6.45) is 3.34. The average molecular weight is 485 g/mol. The number of benzene rings is 1. The Morgan fingerprint density at radius 2 is 1.84 bits per heavy atom. The molecule has 0 spiro atoms. The van der Waals surface area contributed by atoms with Crippen molar-refractivity contribution < 1.29 is 12.8 Å². The van der Waals surface area contributed by atoms with E-state index in [1.165, 1.54) is 24.5 Å². The summed E-state index contributed by atoms with van der Waals surface area (Å²) < 4.78 is 36.6. The molecule has 0 radical (unpaired) electrons. The number of nitrogens with zero attached hydrogens (tertiary/aromatic N) is 1. The van der Waals surface area contributed by atoms with E-state index in [1.54, 1.807) is 7.05 Å². The molecular weight excluding hydrogens is 456 g/mol. The van der Waals surface area contributed by atoms with E-state index in [0.29, 0.717) is 29.5 Å². The number of rotatable bonds is 8. The number of hydrogen-bond acceptors (Lipinski definition) is 3. The van der Waals surface area contributed by atoms with Gasteiger partial charge in [0.05, 0.1) is 5.75 Å². The summed E-state index contributed by atoms with van der Waals surface area (Å²) in [4.78, 5) is 4.15. The molecule has 0 saturated heterocycles. The van der Waals surface area contributed by atoms with E-state index in [0.717, 1.165) is 19.4 Å². The molecule has 0 saturated carbocycles. The zero-order valence-corrected chi connectivity index (χ0v) is 18.4. The summed E-state index contributed by atoms with van der Waals surface area (Å²) in [6.45, 7) is 5.42. The third kappa shape index (κ3) is 9.39. The van der Waals surface area contributed by atoms with E-state index in [1.807, 2.05) is 0 Å². The van der Waals surface area contributed by atoms with Gasteiger partial charge in [-0.25, -0.2) is 12.8 Å². The van der Waals surface area contributed by atoms with E-state index in [2.05, 4.69) is 29.5 Å². The molecule has 0 atom stereocenters. The molecule has 8 heteroatoms. The lowest BCUT2D eigenvalue weighted by Gasteiger charge is -2.17. The van der Waals surface area contributed by atoms with Crippen LogP contribution in [-0.2, 0) is 22.1 Å². The Hall–Kier alpha value is -0.900. The Kier molecular flexibility index (Phi) is 11.2. The maximum absolute atomic E-state index is 13.5. The molecule has 0 bridgehead atoms. The largest absolute Gasteiger partial charge is 0.356 e. The number of guanidine groups is 1. The summed E-state index contributed by atoms with van der Waals surface area (Å²) in [5.41, 5.74) is 1.22. The lowest BCUT2D eigenvalue weighted by Crippen LogP contribution is -2.39. The summed E-state index contributed by atoms with van der Waals surface area (Å²) in [5, 5.41) is 6.37. The van der Waals surface area contributed by atoms with Crippen molar-refractivity contribution in [2.24, 2.45) is 10.9 Å². The average Bonchev–Trinajstić information content (AvgIpc) is 2.52. The normalized spacial score (nSPS) is 12.0. The highest BCUT2D eigenvalue weighted by Crippen LogP contribution is 2.14. The minimum Gasteiger partial charge on any atom is -0.356 e. The standard InChI is InChI=1S/C17H28FN3O2S.HI/c1-5-13(6-2)10-20-17(19-3)21-11-15-9-16(18)8-7-14(15)12-24(4,22)23;/h7-9,13H,5-6,10-12H2,1-4H3,(H2,19,20,21);1H. The molecule has 1 aromatic rings. The van der Waals surface area contributed by atoms with E-state index in [-0.39, 0.29) is 35.5 Å². The Labute approximate surface area is 167 Å². The molecule has 0 heterocycles. The SMILES string of the molecule is CCC(CC)CNC(=NC)NCc1cc(F)ccc1CS(C)(=O)=O.I. The smallest absolute Gasteiger partial charge is 0.191 e. The molecule has 0 aliphatic rings. The van der Waals surface area contributed by atoms with Gasteiger partial charge in [-0.3, -0.25) is 4.99 Å². The summed E-state index contributed by atoms with van der Waals surface area (Å²) in [7, 11) is -1.51. The maximum Gasteiger partial charge on any atom is 0.191 e. The lowest BCUT2D eigenvalue weighted by atomic mass is 10.0. The van der Waals surface area contributed by atoms with Crippen LogP contribution in [0.5, 0.6) is 0 Å². The maximum atomic E-state index is 13.5. The third-order valence-corrected chi connectivity index (χ3v) is 4.80. The molecule has 1 aromatic carbocycles. The first-order valence-electron chi connectivity index (χ1n) is 8.18. The van der Waals surface area contributed by atoms with Crippen LogP contribution in [0.3, 0.4) is 0 Å². The van der Waals surface area contributed by atoms with Gasteiger partial charge in [-0.15, -0.1) is 24.0 Å². The minimum atomic E-state index is -3.18. The van der Waals surface area contributed by atoms with Crippen molar-refractivity contribution in [2.75, 3.05) is 19.8 Å². The fraction of sp³-hybridized carbons (Fsp3) is 0.588. The van der Waals surface area contributed by atoms with Crippen LogP contribution in [0.2, 0.25) is 0 Å². The molecule has 25 heavy (non-hydrogen) atoms. The first-order chi connectivity index (χ1) is 11.3. The van der Waals surface area contributed by atoms with Crippen molar-refractivity contribution in [3.8, 4) is 0 Å². The highest BCUT2D eigenvalue weighted by molar-refractivity contribution is 14.0. The van der Waals surface area contributed by atoms with Crippen LogP contribution >= 0.6 is 24.0 Å². The minimum absolute atomic E-state index is 0. The summed E-state index contributed by atoms with van der Waals surface area (Å²) >= 11 is 0. The predicted molar refractivity (Wildman–Crippen MR) is 113 cm³/mol. The van der Waals surface area contributed by atoms with Crippen LogP contribution in [0.4, 0.5) is 4.39 Å². The Balaban J connectivity index is 0.00000576. The molecule has 0 fully saturated rings. The quantitative estimate of drug-likeness (QED) is 0.338. The number of nitrogens with one attached hydrogen (secondary N) is 2. The molecular formula is C17H29FIN3O2S. The predicted octanol–water partition coefficient (Wildman–Crippen LogP) is 3.09. The van der Waals surface area contributed by atoms with E-state index >= 15 is 0 Å². The molecule has 0 aliphatic carbocycles. The van der Waals surface area contributed by atoms with Gasteiger partial charge in [-0.2, -0.15) is 0 Å². The van der Waals surface area contributed by atoms with Crippen LogP contribution in [-0.4, -0.2) is 34.2 Å². The van der Waals surface area contributed by atoms with Crippen LogP contribution < -0.4 is 10.6 Å². The lowest BCUT2D eigenvalue weighted by molar-refractivity contribution is 0.481. The number of aliphatic imine (C=N–C) groups is 1. The Morgan fingerprint density at radius 3 is 2.36 bits per heavy atom. The van der Waals surface area contributed by atoms with Crippen molar-refractivity contribution in [1.82, 2.24) is 10.6 Å². The second-order valence-electron chi connectivity index (χ2n) is 5.97. The van der Waals surface area contributed by atoms with Crippen LogP contribution in [0, 0.1) is 11.7 Å². The molecule has 0 aliphatic heterocycles. The van der Waals surface area contributed by atoms with Gasteiger partial charge in [-0.1, -0.05) is 32.8 Å². The van der Waals surface area contributed by atoms with Crippen molar-refractivity contribution >= 4 is 39.8 Å². The Morgan fingerprint density at radius 1 is 1.20 bits per heavy atom. The second-order valence-corrected chi connectivity index (χ2v) is 8.11. The van der Waals surface area contributed by atoms with Crippen molar-refractivity contribution in [2.45, 2.75) is 39.0 Å². The van der Waals surface area contributed by atoms with Gasteiger partial charge in [-0.05, 0) is 29.2 Å². The first-order valence-corrected chi connectivity index (χ1v) is 10.2. The van der Waals surface area contributed by atoms with Gasteiger partial charge in [0.15, 0.2) is 15.8 Å². The number of halogens is 2. The monoisotopic (exact) mass is 485 g/mol. The number of sulfone groups is 1. The fourth-order valence-corrected chi connectivity index (χ4v) is 3.25. The molecule has 0 aromatic heterocycles. The van der Waals surface area contributed by atoms with Crippen LogP contribution in [0.1, 0.15) is 37.8 Å². The van der Waals surface area contributed by atoms with Crippen molar-refractivity contribution in [3.63, 3.8) is 0 Å². The molecule has 144 valence electrons. The van der Waals surface area contributed by atoms with Gasteiger partial charge < -0.3 is 10.6 Å². The topological polar surface area (TPSA) is 70.6 Å². The van der Waals surface area contributed by atoms with Crippen LogP contribution in [0.25, 0.3) is 0 Å². The van der Waals surface area contributed by atoms with Crippen molar-refractivity contribution in [1.29, 1.82) is 0 Å². The highest BCUT2D eigenvalue weighted by Gasteiger charge is 2.11. The van der Waals surface area contributed by atoms with Gasteiger partial charge in [0.25, 0.3) is 0 Å². The van der Waals surface area contributed by atoms with Gasteiger partial charge in [0.2, 0.25) is 0 Å². The van der Waals surface area contributed by atoms with Crippen LogP contribution in [0.15, 0.2) is 23.2 Å². The molecule has 5 nitrogen and oxygen atoms in total. The molecule has 1 rings (SSSR count). The molecule has 2 N–H and O–H groups in total. The highest BCUT2D eigenvalue weighted by atomic mass is 127. The van der Waals surface area contributed by atoms with E-state index < -0.39 is 9.84 Å². The third-order valence-electron chi connectivity index (χ3n) is 3.97. The number of hydrogen-bond donors (Lipinski definition) is 2. The zero-order chi connectivity index (χ0) is 18.2. The summed E-state index contributed by atoms with van der Waals surface area (Å²) in [5.74, 6) is 0.698. The summed E-state index contributed by atoms with van der Waals surface area (Å²) in [6, 6.07) is 4.17. The first kappa shape index (κ1) is 24.1. The fourth-order valence-electron chi connectivity index (χ4n) is 2.40. The van der Waals surface area contributed by atoms with Crippen molar-refractivity contribution in [3.05, 3.63) is 35.1 Å².